The fraction of sp³-hybridized carbons (Fsp3) is 0.222. The average Bonchev–Trinajstić information content (AvgIpc) is 2.59. The lowest BCUT2D eigenvalue weighted by atomic mass is 10.0. The van der Waals surface area contributed by atoms with Crippen LogP contribution in [0.3, 0.4) is 0 Å². The van der Waals surface area contributed by atoms with Crippen LogP contribution in [-0.2, 0) is 4.79 Å². The van der Waals surface area contributed by atoms with Crippen molar-refractivity contribution in [3.8, 4) is 5.75 Å². The zero-order valence-corrected chi connectivity index (χ0v) is 13.6. The van der Waals surface area contributed by atoms with Gasteiger partial charge in [0.2, 0.25) is 0 Å². The number of carboxylic acids is 1. The summed E-state index contributed by atoms with van der Waals surface area (Å²) >= 11 is 1.27. The van der Waals surface area contributed by atoms with Crippen LogP contribution >= 0.6 is 11.8 Å². The van der Waals surface area contributed by atoms with E-state index in [0.29, 0.717) is 11.3 Å². The number of thioether (sulfide) groups is 1. The summed E-state index contributed by atoms with van der Waals surface area (Å²) in [4.78, 5) is 23.3. The predicted molar refractivity (Wildman–Crippen MR) is 91.2 cm³/mol. The minimum Gasteiger partial charge on any atom is -0.497 e. The number of hydrogen-bond donors (Lipinski definition) is 1. The molecule has 0 saturated heterocycles. The maximum Gasteiger partial charge on any atom is 0.313 e. The maximum atomic E-state index is 12.5. The standard InChI is InChI=1S/C18H18O4S/c1-22-15-9-7-13(8-10-15)16(19)11-17(23-12-18(20)21)14-5-3-2-4-6-14/h2-10,17H,11-12H2,1H3,(H,20,21). The van der Waals surface area contributed by atoms with E-state index in [1.165, 1.54) is 11.8 Å². The number of benzene rings is 2. The average molecular weight is 330 g/mol. The first-order valence-corrected chi connectivity index (χ1v) is 8.20. The fourth-order valence-corrected chi connectivity index (χ4v) is 3.14. The SMILES string of the molecule is COc1ccc(C(=O)CC(SCC(=O)O)c2ccccc2)cc1. The second kappa shape index (κ2) is 8.39. The Morgan fingerprint density at radius 2 is 1.74 bits per heavy atom. The largest absolute Gasteiger partial charge is 0.497 e. The molecule has 2 rings (SSSR count). The van der Waals surface area contributed by atoms with Gasteiger partial charge in [-0.3, -0.25) is 9.59 Å². The smallest absolute Gasteiger partial charge is 0.313 e. The summed E-state index contributed by atoms with van der Waals surface area (Å²) in [6.45, 7) is 0. The highest BCUT2D eigenvalue weighted by Crippen LogP contribution is 2.33. The van der Waals surface area contributed by atoms with Crippen LogP contribution < -0.4 is 4.74 Å². The van der Waals surface area contributed by atoms with Crippen molar-refractivity contribution in [2.24, 2.45) is 0 Å². The van der Waals surface area contributed by atoms with Gasteiger partial charge < -0.3 is 9.84 Å². The van der Waals surface area contributed by atoms with Crippen molar-refractivity contribution in [3.05, 3.63) is 65.7 Å². The van der Waals surface area contributed by atoms with E-state index in [2.05, 4.69) is 0 Å². The molecule has 2 aromatic carbocycles. The molecular formula is C18H18O4S. The molecular weight excluding hydrogens is 312 g/mol. The van der Waals surface area contributed by atoms with Crippen LogP contribution in [0.15, 0.2) is 54.6 Å². The fourth-order valence-electron chi connectivity index (χ4n) is 2.18. The first-order valence-electron chi connectivity index (χ1n) is 7.15. The van der Waals surface area contributed by atoms with Crippen molar-refractivity contribution in [2.45, 2.75) is 11.7 Å². The lowest BCUT2D eigenvalue weighted by Crippen LogP contribution is -2.08. The molecule has 0 bridgehead atoms. The maximum absolute atomic E-state index is 12.5. The van der Waals surface area contributed by atoms with Gasteiger partial charge >= 0.3 is 5.97 Å². The molecule has 0 heterocycles. The normalized spacial score (nSPS) is 11.7. The van der Waals surface area contributed by atoms with Crippen LogP contribution in [0, 0.1) is 0 Å². The van der Waals surface area contributed by atoms with Crippen LogP contribution in [0.5, 0.6) is 5.75 Å². The molecule has 5 heteroatoms. The van der Waals surface area contributed by atoms with Gasteiger partial charge in [0, 0.05) is 17.2 Å². The molecule has 0 aliphatic heterocycles. The number of methoxy groups -OCH3 is 1. The number of carbonyl (C=O) groups excluding carboxylic acids is 1. The Hall–Kier alpha value is -2.27. The first-order chi connectivity index (χ1) is 11.1. The third-order valence-electron chi connectivity index (χ3n) is 3.36. The number of carbonyl (C=O) groups is 2. The molecule has 0 fully saturated rings. The van der Waals surface area contributed by atoms with Gasteiger partial charge in [-0.25, -0.2) is 0 Å². The third kappa shape index (κ3) is 5.14. The quantitative estimate of drug-likeness (QED) is 0.745. The van der Waals surface area contributed by atoms with E-state index in [9.17, 15) is 9.59 Å². The Labute approximate surface area is 139 Å². The summed E-state index contributed by atoms with van der Waals surface area (Å²) < 4.78 is 5.08. The summed E-state index contributed by atoms with van der Waals surface area (Å²) in [5.41, 5.74) is 1.56. The van der Waals surface area contributed by atoms with Gasteiger partial charge in [-0.05, 0) is 29.8 Å². The first kappa shape index (κ1) is 17.1. The number of ether oxygens (including phenoxy) is 1. The van der Waals surface area contributed by atoms with Gasteiger partial charge in [0.25, 0.3) is 0 Å². The zero-order valence-electron chi connectivity index (χ0n) is 12.8. The predicted octanol–water partition coefficient (Wildman–Crippen LogP) is 3.83. The summed E-state index contributed by atoms with van der Waals surface area (Å²) in [7, 11) is 1.57. The third-order valence-corrected chi connectivity index (χ3v) is 4.62. The number of Topliss-reactive ketones (excluding diaryl/α,β-unsaturated/α-hetero) is 1. The molecule has 120 valence electrons. The molecule has 0 saturated carbocycles. The molecule has 0 aliphatic carbocycles. The van der Waals surface area contributed by atoms with Gasteiger partial charge in [-0.2, -0.15) is 0 Å². The highest BCUT2D eigenvalue weighted by atomic mass is 32.2. The lowest BCUT2D eigenvalue weighted by Gasteiger charge is -2.15. The van der Waals surface area contributed by atoms with Crippen molar-refractivity contribution in [3.63, 3.8) is 0 Å². The highest BCUT2D eigenvalue weighted by Gasteiger charge is 2.19. The van der Waals surface area contributed by atoms with E-state index < -0.39 is 5.97 Å². The molecule has 0 aromatic heterocycles. The van der Waals surface area contributed by atoms with Crippen molar-refractivity contribution >= 4 is 23.5 Å². The van der Waals surface area contributed by atoms with Gasteiger partial charge in [0.1, 0.15) is 5.75 Å². The summed E-state index contributed by atoms with van der Waals surface area (Å²) in [6, 6.07) is 16.5. The van der Waals surface area contributed by atoms with E-state index in [0.717, 1.165) is 5.56 Å². The molecule has 0 amide bonds. The monoisotopic (exact) mass is 330 g/mol. The van der Waals surface area contributed by atoms with Crippen LogP contribution in [0.25, 0.3) is 0 Å². The van der Waals surface area contributed by atoms with E-state index in [-0.39, 0.29) is 23.2 Å². The van der Waals surface area contributed by atoms with Crippen molar-refractivity contribution < 1.29 is 19.4 Å². The van der Waals surface area contributed by atoms with Crippen molar-refractivity contribution in [1.82, 2.24) is 0 Å². The molecule has 0 spiro atoms. The van der Waals surface area contributed by atoms with E-state index >= 15 is 0 Å². The second-order valence-corrected chi connectivity index (χ2v) is 6.15. The number of hydrogen-bond acceptors (Lipinski definition) is 4. The minimum atomic E-state index is -0.882. The summed E-state index contributed by atoms with van der Waals surface area (Å²) in [6.07, 6.45) is 0.258. The molecule has 1 atom stereocenters. The lowest BCUT2D eigenvalue weighted by molar-refractivity contribution is -0.133. The molecule has 1 N–H and O–H groups in total. The number of ketones is 1. The highest BCUT2D eigenvalue weighted by molar-refractivity contribution is 8.00. The molecule has 23 heavy (non-hydrogen) atoms. The molecule has 4 nitrogen and oxygen atoms in total. The topological polar surface area (TPSA) is 63.6 Å². The minimum absolute atomic E-state index is 0.0144. The van der Waals surface area contributed by atoms with Crippen LogP contribution in [0.2, 0.25) is 0 Å². The number of rotatable bonds is 8. The van der Waals surface area contributed by atoms with E-state index in [4.69, 9.17) is 9.84 Å². The summed E-state index contributed by atoms with van der Waals surface area (Å²) in [5.74, 6) is -0.233. The molecule has 2 aromatic rings. The molecule has 0 radical (unpaired) electrons. The Morgan fingerprint density at radius 1 is 1.09 bits per heavy atom. The Bertz CT molecular complexity index is 652. The van der Waals surface area contributed by atoms with Gasteiger partial charge in [0.15, 0.2) is 5.78 Å². The van der Waals surface area contributed by atoms with Gasteiger partial charge in [-0.15, -0.1) is 11.8 Å². The Morgan fingerprint density at radius 3 is 2.30 bits per heavy atom. The zero-order chi connectivity index (χ0) is 16.7. The van der Waals surface area contributed by atoms with E-state index in [1.54, 1.807) is 31.4 Å². The van der Waals surface area contributed by atoms with Gasteiger partial charge in [0.05, 0.1) is 12.9 Å². The molecule has 1 unspecified atom stereocenters. The molecule has 0 aliphatic rings. The van der Waals surface area contributed by atoms with E-state index in [1.807, 2.05) is 30.3 Å². The Kier molecular flexibility index (Phi) is 6.23. The van der Waals surface area contributed by atoms with Crippen LogP contribution in [0.1, 0.15) is 27.6 Å². The number of aliphatic carboxylic acids is 1. The number of carboxylic acid groups (broad SMARTS) is 1. The van der Waals surface area contributed by atoms with Crippen LogP contribution in [-0.4, -0.2) is 29.7 Å². The second-order valence-electron chi connectivity index (χ2n) is 4.96. The summed E-state index contributed by atoms with van der Waals surface area (Å²) in [5, 5.41) is 8.72. The van der Waals surface area contributed by atoms with Crippen molar-refractivity contribution in [1.29, 1.82) is 0 Å². The van der Waals surface area contributed by atoms with Crippen molar-refractivity contribution in [2.75, 3.05) is 12.9 Å². The Balaban J connectivity index is 2.12. The van der Waals surface area contributed by atoms with Crippen LogP contribution in [0.4, 0.5) is 0 Å². The van der Waals surface area contributed by atoms with Gasteiger partial charge in [-0.1, -0.05) is 30.3 Å².